The molecule has 23 heavy (non-hydrogen) atoms. The van der Waals surface area contributed by atoms with Crippen molar-refractivity contribution in [3.8, 4) is 0 Å². The number of hydrogen-bond acceptors (Lipinski definition) is 2. The lowest BCUT2D eigenvalue weighted by atomic mass is 9.75. The maximum absolute atomic E-state index is 3.62. The highest BCUT2D eigenvalue weighted by atomic mass is 14.9. The monoisotopic (exact) mass is 310 g/mol. The van der Waals surface area contributed by atoms with Gasteiger partial charge in [0.2, 0.25) is 0 Å². The second-order valence-corrected chi connectivity index (χ2v) is 6.98. The Bertz CT molecular complexity index is 558. The molecule has 124 valence electrons. The second kappa shape index (κ2) is 8.05. The van der Waals surface area contributed by atoms with Crippen LogP contribution in [0.2, 0.25) is 0 Å². The molecular weight excluding hydrogens is 280 g/mol. The van der Waals surface area contributed by atoms with E-state index in [1.807, 2.05) is 6.20 Å². The van der Waals surface area contributed by atoms with E-state index < -0.39 is 0 Å². The molecule has 0 fully saturated rings. The standard InChI is InChI=1S/C21H30N2/c1-5-22-13-8-14-23-20-12-7-11-19(18-9-6-10-18)16-21(3,4)17(2)15-20/h5-9,12-13,15-18,22-23H,1,10-11,14H2,2-4H3/b12-7?,13-8-,19-16+,20-15?. The highest BCUT2D eigenvalue weighted by Crippen LogP contribution is 2.37. The Morgan fingerprint density at radius 2 is 2.13 bits per heavy atom. The molecule has 2 unspecified atom stereocenters. The number of nitrogens with one attached hydrogen (secondary N) is 2. The molecule has 0 aromatic rings. The molecule has 2 aliphatic rings. The lowest BCUT2D eigenvalue weighted by molar-refractivity contribution is 0.361. The van der Waals surface area contributed by atoms with E-state index in [1.165, 1.54) is 12.1 Å². The average molecular weight is 310 g/mol. The molecule has 0 bridgehead atoms. The van der Waals surface area contributed by atoms with Gasteiger partial charge in [-0.2, -0.15) is 0 Å². The maximum atomic E-state index is 3.62. The third-order valence-corrected chi connectivity index (χ3v) is 4.80. The van der Waals surface area contributed by atoms with Crippen molar-refractivity contribution >= 4 is 0 Å². The lowest BCUT2D eigenvalue weighted by Crippen LogP contribution is -2.21. The summed E-state index contributed by atoms with van der Waals surface area (Å²) in [6.07, 6.45) is 21.8. The first kappa shape index (κ1) is 17.4. The molecule has 2 aliphatic carbocycles. The molecule has 0 radical (unpaired) electrons. The summed E-state index contributed by atoms with van der Waals surface area (Å²) in [4.78, 5) is 0. The summed E-state index contributed by atoms with van der Waals surface area (Å²) in [6.45, 7) is 11.4. The van der Waals surface area contributed by atoms with Crippen LogP contribution in [0.5, 0.6) is 0 Å². The fraction of sp³-hybridized carbons (Fsp3) is 0.429. The van der Waals surface area contributed by atoms with Gasteiger partial charge in [0.1, 0.15) is 0 Å². The molecule has 0 heterocycles. The molecule has 0 aliphatic heterocycles. The third kappa shape index (κ3) is 5.02. The van der Waals surface area contributed by atoms with Crippen molar-refractivity contribution in [3.63, 3.8) is 0 Å². The summed E-state index contributed by atoms with van der Waals surface area (Å²) >= 11 is 0. The Labute approximate surface area is 141 Å². The zero-order valence-corrected chi connectivity index (χ0v) is 14.7. The predicted octanol–water partition coefficient (Wildman–Crippen LogP) is 4.83. The van der Waals surface area contributed by atoms with Crippen LogP contribution in [0.1, 0.15) is 33.6 Å². The van der Waals surface area contributed by atoms with Gasteiger partial charge in [0.25, 0.3) is 0 Å². The summed E-state index contributed by atoms with van der Waals surface area (Å²) in [5.74, 6) is 1.12. The summed E-state index contributed by atoms with van der Waals surface area (Å²) in [6, 6.07) is 0. The highest BCUT2D eigenvalue weighted by Gasteiger charge is 2.26. The molecule has 0 saturated carbocycles. The van der Waals surface area contributed by atoms with E-state index in [-0.39, 0.29) is 5.41 Å². The molecule has 0 spiro atoms. The van der Waals surface area contributed by atoms with E-state index in [0.29, 0.717) is 11.8 Å². The molecular formula is C21H30N2. The number of rotatable bonds is 6. The van der Waals surface area contributed by atoms with E-state index >= 15 is 0 Å². The normalized spacial score (nSPS) is 28.7. The van der Waals surface area contributed by atoms with Crippen molar-refractivity contribution in [2.24, 2.45) is 17.3 Å². The van der Waals surface area contributed by atoms with Crippen LogP contribution >= 0.6 is 0 Å². The molecule has 2 heteroatoms. The quantitative estimate of drug-likeness (QED) is 0.687. The van der Waals surface area contributed by atoms with Crippen LogP contribution in [0, 0.1) is 17.3 Å². The molecule has 0 aromatic heterocycles. The van der Waals surface area contributed by atoms with E-state index in [0.717, 1.165) is 13.0 Å². The number of allylic oxidation sites excluding steroid dienone is 7. The van der Waals surface area contributed by atoms with Crippen molar-refractivity contribution in [1.29, 1.82) is 0 Å². The van der Waals surface area contributed by atoms with E-state index in [9.17, 15) is 0 Å². The maximum Gasteiger partial charge on any atom is 0.0347 e. The Morgan fingerprint density at radius 1 is 1.35 bits per heavy atom. The summed E-state index contributed by atoms with van der Waals surface area (Å²) in [5, 5.41) is 6.45. The van der Waals surface area contributed by atoms with Crippen LogP contribution in [-0.2, 0) is 0 Å². The Balaban J connectivity index is 2.08. The molecule has 2 N–H and O–H groups in total. The van der Waals surface area contributed by atoms with Crippen molar-refractivity contribution < 1.29 is 0 Å². The average Bonchev–Trinajstić information content (AvgIpc) is 2.48. The van der Waals surface area contributed by atoms with Crippen LogP contribution in [-0.4, -0.2) is 6.54 Å². The minimum absolute atomic E-state index is 0.165. The van der Waals surface area contributed by atoms with E-state index in [1.54, 1.807) is 11.8 Å². The van der Waals surface area contributed by atoms with Gasteiger partial charge in [-0.25, -0.2) is 0 Å². The van der Waals surface area contributed by atoms with Gasteiger partial charge in [-0.1, -0.05) is 63.3 Å². The van der Waals surface area contributed by atoms with Gasteiger partial charge in [0.05, 0.1) is 0 Å². The SMILES string of the molecule is C=CN/C=C\CNC1=CC(C)C(C)(C)/C=C(/C2C=CC2)CC=C1. The van der Waals surface area contributed by atoms with Gasteiger partial charge in [-0.3, -0.25) is 0 Å². The van der Waals surface area contributed by atoms with Crippen molar-refractivity contribution in [1.82, 2.24) is 10.6 Å². The fourth-order valence-corrected chi connectivity index (χ4v) is 2.83. The van der Waals surface area contributed by atoms with Crippen LogP contribution in [0.3, 0.4) is 0 Å². The molecule has 2 nitrogen and oxygen atoms in total. The van der Waals surface area contributed by atoms with Gasteiger partial charge in [-0.05, 0) is 48.7 Å². The lowest BCUT2D eigenvalue weighted by Gasteiger charge is -2.30. The second-order valence-electron chi connectivity index (χ2n) is 6.98. The van der Waals surface area contributed by atoms with Crippen LogP contribution < -0.4 is 10.6 Å². The highest BCUT2D eigenvalue weighted by molar-refractivity contribution is 5.30. The molecule has 2 rings (SSSR count). The molecule has 0 aromatic carbocycles. The van der Waals surface area contributed by atoms with Gasteiger partial charge < -0.3 is 10.6 Å². The van der Waals surface area contributed by atoms with E-state index in [4.69, 9.17) is 0 Å². The Morgan fingerprint density at radius 3 is 2.78 bits per heavy atom. The van der Waals surface area contributed by atoms with Crippen molar-refractivity contribution in [2.45, 2.75) is 33.6 Å². The topological polar surface area (TPSA) is 24.1 Å². The minimum Gasteiger partial charge on any atom is -0.382 e. The van der Waals surface area contributed by atoms with Gasteiger partial charge in [-0.15, -0.1) is 0 Å². The molecule has 0 saturated heterocycles. The van der Waals surface area contributed by atoms with Crippen molar-refractivity contribution in [2.75, 3.05) is 6.54 Å². The van der Waals surface area contributed by atoms with Crippen molar-refractivity contribution in [3.05, 3.63) is 72.8 Å². The van der Waals surface area contributed by atoms with Gasteiger partial charge >= 0.3 is 0 Å². The summed E-state index contributed by atoms with van der Waals surface area (Å²) in [7, 11) is 0. The minimum atomic E-state index is 0.165. The van der Waals surface area contributed by atoms with Crippen LogP contribution in [0.4, 0.5) is 0 Å². The number of hydrogen-bond donors (Lipinski definition) is 2. The smallest absolute Gasteiger partial charge is 0.0347 e. The Hall–Kier alpha value is -1.96. The van der Waals surface area contributed by atoms with Gasteiger partial charge in [0.15, 0.2) is 0 Å². The zero-order chi connectivity index (χ0) is 16.7. The Kier molecular flexibility index (Phi) is 6.09. The first-order valence-corrected chi connectivity index (χ1v) is 8.55. The third-order valence-electron chi connectivity index (χ3n) is 4.80. The van der Waals surface area contributed by atoms with Crippen LogP contribution in [0.15, 0.2) is 72.8 Å². The predicted molar refractivity (Wildman–Crippen MR) is 101 cm³/mol. The van der Waals surface area contributed by atoms with E-state index in [2.05, 4.69) is 80.5 Å². The van der Waals surface area contributed by atoms with Gasteiger partial charge in [0, 0.05) is 18.2 Å². The first-order valence-electron chi connectivity index (χ1n) is 8.55. The largest absolute Gasteiger partial charge is 0.382 e. The zero-order valence-electron chi connectivity index (χ0n) is 14.7. The summed E-state index contributed by atoms with van der Waals surface area (Å²) < 4.78 is 0. The fourth-order valence-electron chi connectivity index (χ4n) is 2.83. The molecule has 2 atom stereocenters. The van der Waals surface area contributed by atoms with Crippen LogP contribution in [0.25, 0.3) is 0 Å². The first-order chi connectivity index (χ1) is 11.0. The summed E-state index contributed by atoms with van der Waals surface area (Å²) in [5.41, 5.74) is 2.93. The molecule has 0 amide bonds.